The van der Waals surface area contributed by atoms with Crippen LogP contribution in [0.1, 0.15) is 6.92 Å². The summed E-state index contributed by atoms with van der Waals surface area (Å²) in [5.74, 6) is 0. The van der Waals surface area contributed by atoms with Gasteiger partial charge in [0.25, 0.3) is 21.4 Å². The number of urea groups is 1. The average Bonchev–Trinajstić information content (AvgIpc) is 2.51. The number of primary amides is 1. The summed E-state index contributed by atoms with van der Waals surface area (Å²) in [6.45, 7) is -0.622. The summed E-state index contributed by atoms with van der Waals surface area (Å²) in [5, 5.41) is 8.96. The molecule has 0 aliphatic rings. The number of nitrogens with zero attached hydrogens (tertiary/aromatic N) is 2. The third-order valence-corrected chi connectivity index (χ3v) is 4.48. The average molecular weight is 424 g/mol. The number of hydrogen-bond donors (Lipinski definition) is 2. The number of alkyl halides is 6. The van der Waals surface area contributed by atoms with Gasteiger partial charge in [0.1, 0.15) is 0 Å². The maximum Gasteiger partial charge on any atom is 0.430 e. The molecule has 9 nitrogen and oxygen atoms in total. The van der Waals surface area contributed by atoms with Crippen LogP contribution in [0.25, 0.3) is 0 Å². The molecular weight excluding hydrogens is 414 g/mol. The first-order valence-corrected chi connectivity index (χ1v) is 7.93. The minimum atomic E-state index is -6.21. The van der Waals surface area contributed by atoms with Gasteiger partial charge in [-0.3, -0.25) is 10.1 Å². The zero-order valence-corrected chi connectivity index (χ0v) is 13.8. The summed E-state index contributed by atoms with van der Waals surface area (Å²) >= 11 is 0. The van der Waals surface area contributed by atoms with Crippen molar-refractivity contribution in [3.63, 3.8) is 0 Å². The first-order chi connectivity index (χ1) is 11.9. The number of carbonyl (C=O) groups is 1. The van der Waals surface area contributed by atoms with Crippen molar-refractivity contribution in [1.82, 2.24) is 9.84 Å². The molecule has 1 rings (SSSR count). The van der Waals surface area contributed by atoms with Crippen LogP contribution in [-0.4, -0.2) is 42.3 Å². The SMILES string of the molecule is CC(F)(C(F)(F)F)C(F)(F)N(NS(=O)(=O)c1ccc([N+](=O)[O-])cc1)C(N)=O. The Morgan fingerprint density at radius 2 is 1.59 bits per heavy atom. The second-order valence-electron chi connectivity index (χ2n) is 5.06. The number of amides is 2. The van der Waals surface area contributed by atoms with E-state index in [-0.39, 0.29) is 0 Å². The predicted octanol–water partition coefficient (Wildman–Crippen LogP) is 2.05. The van der Waals surface area contributed by atoms with Gasteiger partial charge in [-0.2, -0.15) is 27.0 Å². The van der Waals surface area contributed by atoms with Crippen LogP contribution in [-0.2, 0) is 10.0 Å². The molecule has 2 amide bonds. The minimum absolute atomic E-state index is 0.538. The van der Waals surface area contributed by atoms with Crippen LogP contribution in [0.2, 0.25) is 0 Å². The van der Waals surface area contributed by atoms with Crippen LogP contribution in [0.15, 0.2) is 29.2 Å². The summed E-state index contributed by atoms with van der Waals surface area (Å²) < 4.78 is 103. The number of nitro benzene ring substituents is 1. The Kier molecular flexibility index (Phi) is 5.68. The molecule has 0 bridgehead atoms. The molecule has 0 aliphatic heterocycles. The molecule has 0 saturated carbocycles. The summed E-state index contributed by atoms with van der Waals surface area (Å²) in [6.07, 6.45) is -6.21. The summed E-state index contributed by atoms with van der Waals surface area (Å²) in [7, 11) is -5.20. The van der Waals surface area contributed by atoms with E-state index in [1.165, 1.54) is 0 Å². The number of hydrogen-bond acceptors (Lipinski definition) is 5. The third kappa shape index (κ3) is 4.21. The zero-order chi connectivity index (χ0) is 21.4. The molecular formula is C11H10F6N4O5S. The Labute approximate surface area is 146 Å². The van der Waals surface area contributed by atoms with Crippen LogP contribution in [0.3, 0.4) is 0 Å². The molecule has 27 heavy (non-hydrogen) atoms. The molecule has 1 atom stereocenters. The number of nitro groups is 1. The number of nitrogens with two attached hydrogens (primary N) is 1. The van der Waals surface area contributed by atoms with Gasteiger partial charge in [-0.05, 0) is 19.1 Å². The van der Waals surface area contributed by atoms with Crippen molar-refractivity contribution in [2.24, 2.45) is 5.73 Å². The lowest BCUT2D eigenvalue weighted by atomic mass is 10.1. The Bertz CT molecular complexity index is 840. The number of hydrazine groups is 1. The zero-order valence-electron chi connectivity index (χ0n) is 13.0. The predicted molar refractivity (Wildman–Crippen MR) is 75.4 cm³/mol. The summed E-state index contributed by atoms with van der Waals surface area (Å²) in [6, 6.07) is -5.89. The first kappa shape index (κ1) is 22.4. The number of halogens is 6. The maximum atomic E-state index is 13.9. The molecule has 3 N–H and O–H groups in total. The largest absolute Gasteiger partial charge is 0.430 e. The molecule has 1 unspecified atom stereocenters. The number of non-ortho nitro benzene ring substituents is 1. The van der Waals surface area contributed by atoms with Gasteiger partial charge in [0.2, 0.25) is 0 Å². The maximum absolute atomic E-state index is 13.9. The fourth-order valence-corrected chi connectivity index (χ4v) is 2.59. The van der Waals surface area contributed by atoms with E-state index >= 15 is 0 Å². The second-order valence-corrected chi connectivity index (χ2v) is 6.72. The highest BCUT2D eigenvalue weighted by atomic mass is 32.2. The molecule has 0 aromatic heterocycles. The van der Waals surface area contributed by atoms with E-state index in [0.29, 0.717) is 24.3 Å². The molecule has 1 aromatic carbocycles. The molecule has 0 spiro atoms. The molecule has 1 aromatic rings. The van der Waals surface area contributed by atoms with Crippen LogP contribution < -0.4 is 10.6 Å². The van der Waals surface area contributed by atoms with Crippen LogP contribution in [0.4, 0.5) is 36.8 Å². The Morgan fingerprint density at radius 1 is 1.15 bits per heavy atom. The lowest BCUT2D eigenvalue weighted by Gasteiger charge is -2.37. The summed E-state index contributed by atoms with van der Waals surface area (Å²) in [5.41, 5.74) is -1.51. The van der Waals surface area contributed by atoms with Crippen molar-refractivity contribution >= 4 is 21.7 Å². The van der Waals surface area contributed by atoms with Gasteiger partial charge in [0.05, 0.1) is 9.82 Å². The van der Waals surface area contributed by atoms with Gasteiger partial charge in [-0.25, -0.2) is 17.6 Å². The molecule has 152 valence electrons. The number of sulfonamides is 1. The molecule has 0 heterocycles. The fraction of sp³-hybridized carbons (Fsp3) is 0.364. The normalized spacial score (nSPS) is 15.1. The Morgan fingerprint density at radius 3 is 1.93 bits per heavy atom. The third-order valence-electron chi connectivity index (χ3n) is 3.17. The quantitative estimate of drug-likeness (QED) is 0.312. The molecule has 0 fully saturated rings. The van der Waals surface area contributed by atoms with Crippen molar-refractivity contribution in [2.45, 2.75) is 29.7 Å². The van der Waals surface area contributed by atoms with Gasteiger partial charge in [0.15, 0.2) is 0 Å². The van der Waals surface area contributed by atoms with Crippen molar-refractivity contribution in [3.8, 4) is 0 Å². The van der Waals surface area contributed by atoms with Crippen molar-refractivity contribution in [2.75, 3.05) is 0 Å². The fourth-order valence-electron chi connectivity index (χ4n) is 1.54. The number of rotatable bonds is 6. The van der Waals surface area contributed by atoms with Crippen molar-refractivity contribution in [3.05, 3.63) is 34.4 Å². The topological polar surface area (TPSA) is 136 Å². The lowest BCUT2D eigenvalue weighted by molar-refractivity contribution is -0.384. The summed E-state index contributed by atoms with van der Waals surface area (Å²) in [4.78, 5) is 20.4. The second kappa shape index (κ2) is 6.84. The molecule has 0 saturated heterocycles. The van der Waals surface area contributed by atoms with Crippen molar-refractivity contribution < 1.29 is 44.5 Å². The number of benzene rings is 1. The van der Waals surface area contributed by atoms with E-state index in [2.05, 4.69) is 5.73 Å². The van der Waals surface area contributed by atoms with E-state index in [0.717, 1.165) is 4.83 Å². The molecule has 0 aliphatic carbocycles. The number of carbonyl (C=O) groups excluding carboxylic acids is 1. The highest BCUT2D eigenvalue weighted by Gasteiger charge is 2.72. The van der Waals surface area contributed by atoms with E-state index in [1.807, 2.05) is 0 Å². The standard InChI is InChI=1S/C11H10F6N4O5S/c1-9(12,10(13,14)15)11(16,17)20(8(18)22)19-27(25,26)7-4-2-6(3-5-7)21(23)24/h2-5,19H,1H3,(H2,18,22). The van der Waals surface area contributed by atoms with Crippen LogP contribution in [0, 0.1) is 10.1 Å². The van der Waals surface area contributed by atoms with Crippen molar-refractivity contribution in [1.29, 1.82) is 0 Å². The van der Waals surface area contributed by atoms with Gasteiger partial charge in [0, 0.05) is 12.1 Å². The Balaban J connectivity index is 3.34. The van der Waals surface area contributed by atoms with Gasteiger partial charge >= 0.3 is 18.3 Å². The van der Waals surface area contributed by atoms with E-state index in [1.54, 1.807) is 0 Å². The van der Waals surface area contributed by atoms with E-state index in [9.17, 15) is 49.7 Å². The molecule has 0 radical (unpaired) electrons. The van der Waals surface area contributed by atoms with Crippen LogP contribution in [0.5, 0.6) is 0 Å². The van der Waals surface area contributed by atoms with Crippen LogP contribution >= 0.6 is 0 Å². The highest BCUT2D eigenvalue weighted by molar-refractivity contribution is 7.89. The van der Waals surface area contributed by atoms with Gasteiger partial charge < -0.3 is 5.73 Å². The van der Waals surface area contributed by atoms with E-state index < -0.39 is 61.4 Å². The van der Waals surface area contributed by atoms with E-state index in [4.69, 9.17) is 0 Å². The number of nitrogens with one attached hydrogen (secondary N) is 1. The molecule has 16 heteroatoms. The smallest absolute Gasteiger partial charge is 0.350 e. The Hall–Kier alpha value is -2.62. The minimum Gasteiger partial charge on any atom is -0.350 e. The van der Waals surface area contributed by atoms with Gasteiger partial charge in [-0.15, -0.1) is 4.83 Å². The first-order valence-electron chi connectivity index (χ1n) is 6.45. The lowest BCUT2D eigenvalue weighted by Crippen LogP contribution is -2.68. The monoisotopic (exact) mass is 424 g/mol. The van der Waals surface area contributed by atoms with Gasteiger partial charge in [-0.1, -0.05) is 0 Å². The highest BCUT2D eigenvalue weighted by Crippen LogP contribution is 2.46.